The van der Waals surface area contributed by atoms with Crippen molar-refractivity contribution in [2.24, 2.45) is 4.99 Å². The van der Waals surface area contributed by atoms with Crippen LogP contribution in [-0.2, 0) is 0 Å². The summed E-state index contributed by atoms with van der Waals surface area (Å²) in [5, 5.41) is 29.5. The van der Waals surface area contributed by atoms with Crippen molar-refractivity contribution < 1.29 is 9.84 Å². The van der Waals surface area contributed by atoms with E-state index in [-0.39, 0.29) is 0 Å². The maximum absolute atomic E-state index is 10.9. The van der Waals surface area contributed by atoms with Gasteiger partial charge in [-0.2, -0.15) is 10.5 Å². The second-order valence-corrected chi connectivity index (χ2v) is 7.06. The molecule has 1 aromatic rings. The summed E-state index contributed by atoms with van der Waals surface area (Å²) in [6.45, 7) is 4.34. The van der Waals surface area contributed by atoms with Gasteiger partial charge in [0.15, 0.2) is 5.17 Å². The fourth-order valence-electron chi connectivity index (χ4n) is 2.99. The van der Waals surface area contributed by atoms with Gasteiger partial charge in [0.05, 0.1) is 17.7 Å². The van der Waals surface area contributed by atoms with Crippen molar-refractivity contribution in [3.05, 3.63) is 29.3 Å². The van der Waals surface area contributed by atoms with Crippen LogP contribution in [0.4, 0.5) is 0 Å². The Hall–Kier alpha value is -2.22. The van der Waals surface area contributed by atoms with E-state index in [1.54, 1.807) is 18.2 Å². The van der Waals surface area contributed by atoms with Crippen LogP contribution in [0.2, 0.25) is 0 Å². The molecule has 1 saturated heterocycles. The molecule has 0 spiro atoms. The van der Waals surface area contributed by atoms with E-state index >= 15 is 0 Å². The van der Waals surface area contributed by atoms with Crippen LogP contribution in [-0.4, -0.2) is 39.2 Å². The summed E-state index contributed by atoms with van der Waals surface area (Å²) in [5.74, 6) is 1.45. The van der Waals surface area contributed by atoms with E-state index in [1.165, 1.54) is 11.8 Å². The number of aliphatic hydroxyl groups is 1. The number of rotatable bonds is 1. The minimum atomic E-state index is -0.813. The SMILES string of the molecule is CC1(C)Oc2ccc(C#N)cc2[C@@H](N2CCSC2=NC#N)[C@@H]1O. The molecule has 1 aromatic carbocycles. The number of hydrogen-bond acceptors (Lipinski definition) is 6. The Labute approximate surface area is 139 Å². The Balaban J connectivity index is 2.13. The summed E-state index contributed by atoms with van der Waals surface area (Å²) in [7, 11) is 0. The Bertz CT molecular complexity index is 747. The Morgan fingerprint density at radius 1 is 1.43 bits per heavy atom. The predicted octanol–water partition coefficient (Wildman–Crippen LogP) is 2.02. The molecule has 2 heterocycles. The quantitative estimate of drug-likeness (QED) is 0.793. The van der Waals surface area contributed by atoms with E-state index in [1.807, 2.05) is 24.9 Å². The molecule has 3 rings (SSSR count). The number of benzene rings is 1. The molecule has 0 aromatic heterocycles. The third-order valence-electron chi connectivity index (χ3n) is 4.13. The Morgan fingerprint density at radius 3 is 2.91 bits per heavy atom. The molecular weight excluding hydrogens is 312 g/mol. The van der Waals surface area contributed by atoms with Crippen molar-refractivity contribution in [1.29, 1.82) is 10.5 Å². The van der Waals surface area contributed by atoms with Gasteiger partial charge in [0.25, 0.3) is 0 Å². The summed E-state index contributed by atoms with van der Waals surface area (Å²) in [5.41, 5.74) is 0.482. The van der Waals surface area contributed by atoms with Crippen LogP contribution in [0, 0.1) is 22.8 Å². The van der Waals surface area contributed by atoms with Crippen molar-refractivity contribution in [3.63, 3.8) is 0 Å². The van der Waals surface area contributed by atoms with E-state index in [4.69, 9.17) is 15.3 Å². The molecule has 2 aliphatic rings. The number of nitrogens with zero attached hydrogens (tertiary/aromatic N) is 4. The largest absolute Gasteiger partial charge is 0.485 e. The van der Waals surface area contributed by atoms with Gasteiger partial charge in [0.2, 0.25) is 6.19 Å². The van der Waals surface area contributed by atoms with E-state index in [9.17, 15) is 5.11 Å². The predicted molar refractivity (Wildman–Crippen MR) is 86.8 cm³/mol. The number of fused-ring (bicyclic) bond motifs is 1. The average Bonchev–Trinajstić information content (AvgIpc) is 2.96. The van der Waals surface area contributed by atoms with Crippen molar-refractivity contribution >= 4 is 16.9 Å². The standard InChI is InChI=1S/C16H16N4O2S/c1-16(2)14(21)13(20-5-6-23-15(20)19-9-18)11-7-10(8-17)3-4-12(11)22-16/h3-4,7,13-14,21H,5-6H2,1-2H3/t13-,14+/m1/s1. The first-order valence-electron chi connectivity index (χ1n) is 7.25. The number of nitriles is 2. The minimum Gasteiger partial charge on any atom is -0.485 e. The van der Waals surface area contributed by atoms with Gasteiger partial charge in [-0.05, 0) is 32.0 Å². The second kappa shape index (κ2) is 5.77. The zero-order chi connectivity index (χ0) is 16.6. The molecule has 23 heavy (non-hydrogen) atoms. The summed E-state index contributed by atoms with van der Waals surface area (Å²) in [6, 6.07) is 6.92. The molecule has 0 saturated carbocycles. The van der Waals surface area contributed by atoms with Crippen molar-refractivity contribution in [2.45, 2.75) is 31.6 Å². The van der Waals surface area contributed by atoms with Crippen LogP contribution in [0.1, 0.15) is 31.0 Å². The Morgan fingerprint density at radius 2 is 2.22 bits per heavy atom. The Kier molecular flexibility index (Phi) is 3.93. The molecule has 7 heteroatoms. The molecule has 2 aliphatic heterocycles. The fraction of sp³-hybridized carbons (Fsp3) is 0.438. The maximum Gasteiger partial charge on any atom is 0.208 e. The lowest BCUT2D eigenvalue weighted by Crippen LogP contribution is -2.53. The topological polar surface area (TPSA) is 92.6 Å². The lowest BCUT2D eigenvalue weighted by atomic mass is 9.85. The molecule has 0 aliphatic carbocycles. The van der Waals surface area contributed by atoms with E-state index in [2.05, 4.69) is 11.1 Å². The number of amidine groups is 1. The van der Waals surface area contributed by atoms with E-state index in [0.29, 0.717) is 23.0 Å². The highest BCUT2D eigenvalue weighted by molar-refractivity contribution is 8.14. The van der Waals surface area contributed by atoms with E-state index < -0.39 is 17.7 Å². The van der Waals surface area contributed by atoms with Crippen LogP contribution >= 0.6 is 11.8 Å². The van der Waals surface area contributed by atoms with Crippen LogP contribution in [0.15, 0.2) is 23.2 Å². The van der Waals surface area contributed by atoms with Gasteiger partial charge in [-0.25, -0.2) is 0 Å². The van der Waals surface area contributed by atoms with Crippen molar-refractivity contribution in [2.75, 3.05) is 12.3 Å². The highest BCUT2D eigenvalue weighted by Gasteiger charge is 2.47. The molecule has 0 bridgehead atoms. The highest BCUT2D eigenvalue weighted by Crippen LogP contribution is 2.45. The molecule has 0 unspecified atom stereocenters. The second-order valence-electron chi connectivity index (χ2n) is 6.00. The van der Waals surface area contributed by atoms with Crippen LogP contribution < -0.4 is 4.74 Å². The summed E-state index contributed by atoms with van der Waals surface area (Å²) >= 11 is 1.49. The average molecular weight is 328 g/mol. The first-order chi connectivity index (χ1) is 11.0. The first kappa shape index (κ1) is 15.7. The number of hydrogen-bond donors (Lipinski definition) is 1. The lowest BCUT2D eigenvalue weighted by Gasteiger charge is -2.45. The van der Waals surface area contributed by atoms with Gasteiger partial charge < -0.3 is 14.7 Å². The van der Waals surface area contributed by atoms with Crippen molar-refractivity contribution in [1.82, 2.24) is 4.90 Å². The van der Waals surface area contributed by atoms with E-state index in [0.717, 1.165) is 11.3 Å². The van der Waals surface area contributed by atoms with Crippen LogP contribution in [0.3, 0.4) is 0 Å². The smallest absolute Gasteiger partial charge is 0.208 e. The lowest BCUT2D eigenvalue weighted by molar-refractivity contribution is -0.0800. The van der Waals surface area contributed by atoms with Crippen molar-refractivity contribution in [3.8, 4) is 18.0 Å². The molecule has 0 radical (unpaired) electrons. The van der Waals surface area contributed by atoms with Gasteiger partial charge in [-0.1, -0.05) is 11.8 Å². The zero-order valence-corrected chi connectivity index (χ0v) is 13.7. The monoisotopic (exact) mass is 328 g/mol. The third-order valence-corrected chi connectivity index (χ3v) is 5.10. The third kappa shape index (κ3) is 2.63. The molecule has 2 atom stereocenters. The fourth-order valence-corrected chi connectivity index (χ4v) is 3.93. The summed E-state index contributed by atoms with van der Waals surface area (Å²) < 4.78 is 5.92. The first-order valence-corrected chi connectivity index (χ1v) is 8.24. The van der Waals surface area contributed by atoms with Gasteiger partial charge in [0, 0.05) is 17.9 Å². The number of thioether (sulfide) groups is 1. The van der Waals surface area contributed by atoms with Gasteiger partial charge in [-0.3, -0.25) is 0 Å². The molecule has 0 amide bonds. The molecule has 6 nitrogen and oxygen atoms in total. The minimum absolute atomic E-state index is 0.399. The molecular formula is C16H16N4O2S. The molecule has 1 fully saturated rings. The maximum atomic E-state index is 10.9. The molecule has 1 N–H and O–H groups in total. The highest BCUT2D eigenvalue weighted by atomic mass is 32.2. The van der Waals surface area contributed by atoms with Crippen LogP contribution in [0.25, 0.3) is 0 Å². The zero-order valence-electron chi connectivity index (χ0n) is 12.9. The van der Waals surface area contributed by atoms with Gasteiger partial charge in [-0.15, -0.1) is 4.99 Å². The van der Waals surface area contributed by atoms with Gasteiger partial charge >= 0.3 is 0 Å². The number of ether oxygens (including phenoxy) is 1. The summed E-state index contributed by atoms with van der Waals surface area (Å²) in [6.07, 6.45) is 1.01. The summed E-state index contributed by atoms with van der Waals surface area (Å²) in [4.78, 5) is 5.81. The number of aliphatic imine (C=N–C) groups is 1. The number of aliphatic hydroxyl groups excluding tert-OH is 1. The van der Waals surface area contributed by atoms with Crippen LogP contribution in [0.5, 0.6) is 5.75 Å². The normalized spacial score (nSPS) is 27.0. The molecule has 118 valence electrons. The van der Waals surface area contributed by atoms with Gasteiger partial charge in [0.1, 0.15) is 17.5 Å².